The number of nitro groups is 1. The zero-order chi connectivity index (χ0) is 17.8. The van der Waals surface area contributed by atoms with Gasteiger partial charge in [-0.25, -0.2) is 0 Å². The van der Waals surface area contributed by atoms with Crippen LogP contribution in [-0.4, -0.2) is 40.6 Å². The number of amidine groups is 1. The minimum absolute atomic E-state index is 0.0462. The molecule has 0 radical (unpaired) electrons. The van der Waals surface area contributed by atoms with Crippen LogP contribution in [0.3, 0.4) is 0 Å². The molecule has 8 nitrogen and oxygen atoms in total. The maximum Gasteiger partial charge on any atom is 0.325 e. The highest BCUT2D eigenvalue weighted by Gasteiger charge is 2.20. The number of carbonyl (C=O) groups is 1. The molecule has 0 fully saturated rings. The molecule has 1 heterocycles. The van der Waals surface area contributed by atoms with Crippen molar-refractivity contribution < 1.29 is 14.8 Å². The number of nitrogens with zero attached hydrogens (tertiary/aromatic N) is 3. The summed E-state index contributed by atoms with van der Waals surface area (Å²) in [6.45, 7) is -0.221. The number of hydrogen-bond acceptors (Lipinski definition) is 5. The monoisotopic (exact) mass is 338 g/mol. The van der Waals surface area contributed by atoms with Crippen LogP contribution in [0.5, 0.6) is 0 Å². The van der Waals surface area contributed by atoms with Gasteiger partial charge < -0.3 is 10.4 Å². The maximum atomic E-state index is 11.1. The average molecular weight is 338 g/mol. The molecule has 0 amide bonds. The fourth-order valence-electron chi connectivity index (χ4n) is 2.48. The summed E-state index contributed by atoms with van der Waals surface area (Å²) in [5.41, 5.74) is 2.52. The van der Waals surface area contributed by atoms with E-state index in [1.165, 1.54) is 12.1 Å². The Morgan fingerprint density at radius 3 is 2.72 bits per heavy atom. The fourth-order valence-corrected chi connectivity index (χ4v) is 2.48. The van der Waals surface area contributed by atoms with Crippen molar-refractivity contribution >= 4 is 28.9 Å². The highest BCUT2D eigenvalue weighted by atomic mass is 16.6. The Morgan fingerprint density at radius 1 is 1.28 bits per heavy atom. The van der Waals surface area contributed by atoms with E-state index in [0.717, 1.165) is 5.56 Å². The second kappa shape index (κ2) is 6.91. The predicted molar refractivity (Wildman–Crippen MR) is 93.6 cm³/mol. The Labute approximate surface area is 142 Å². The minimum atomic E-state index is -1.05. The molecule has 2 aromatic rings. The molecular formula is C17H14N4O4. The van der Waals surface area contributed by atoms with Crippen molar-refractivity contribution in [3.05, 3.63) is 69.8 Å². The summed E-state index contributed by atoms with van der Waals surface area (Å²) in [6, 6.07) is 13.7. The molecular weight excluding hydrogens is 324 g/mol. The molecule has 0 saturated heterocycles. The van der Waals surface area contributed by atoms with Crippen molar-refractivity contribution in [1.29, 1.82) is 0 Å². The lowest BCUT2D eigenvalue weighted by Crippen LogP contribution is -2.17. The van der Waals surface area contributed by atoms with E-state index in [2.05, 4.69) is 15.3 Å². The number of carboxylic acid groups (broad SMARTS) is 1. The number of aliphatic imine (C=N–C) groups is 2. The van der Waals surface area contributed by atoms with E-state index in [1.807, 2.05) is 30.3 Å². The van der Waals surface area contributed by atoms with Gasteiger partial charge in [0.05, 0.1) is 17.2 Å². The van der Waals surface area contributed by atoms with E-state index in [-0.39, 0.29) is 18.8 Å². The predicted octanol–water partition coefficient (Wildman–Crippen LogP) is 2.34. The highest BCUT2D eigenvalue weighted by molar-refractivity contribution is 6.20. The Morgan fingerprint density at radius 2 is 2.04 bits per heavy atom. The zero-order valence-corrected chi connectivity index (χ0v) is 13.0. The molecule has 2 N–H and O–H groups in total. The number of anilines is 1. The van der Waals surface area contributed by atoms with Crippen LogP contribution in [0.15, 0.2) is 58.5 Å². The van der Waals surface area contributed by atoms with Crippen molar-refractivity contribution in [2.75, 3.05) is 18.4 Å². The van der Waals surface area contributed by atoms with Crippen molar-refractivity contribution in [1.82, 2.24) is 0 Å². The number of fused-ring (bicyclic) bond motifs is 1. The van der Waals surface area contributed by atoms with Gasteiger partial charge in [0, 0.05) is 28.9 Å². The number of nitrogens with one attached hydrogen (secondary N) is 1. The highest BCUT2D eigenvalue weighted by Crippen LogP contribution is 2.27. The number of non-ortho nitro benzene ring substituents is 1. The molecule has 0 saturated carbocycles. The third-order valence-electron chi connectivity index (χ3n) is 3.59. The van der Waals surface area contributed by atoms with Gasteiger partial charge in [0.1, 0.15) is 12.4 Å². The third-order valence-corrected chi connectivity index (χ3v) is 3.59. The van der Waals surface area contributed by atoms with Crippen LogP contribution in [0.25, 0.3) is 0 Å². The van der Waals surface area contributed by atoms with Gasteiger partial charge in [-0.2, -0.15) is 0 Å². The van der Waals surface area contributed by atoms with Crippen molar-refractivity contribution in [3.8, 4) is 0 Å². The van der Waals surface area contributed by atoms with E-state index in [9.17, 15) is 14.9 Å². The van der Waals surface area contributed by atoms with Gasteiger partial charge in [-0.3, -0.25) is 24.9 Å². The minimum Gasteiger partial charge on any atom is -0.480 e. The van der Waals surface area contributed by atoms with Crippen molar-refractivity contribution in [3.63, 3.8) is 0 Å². The topological polar surface area (TPSA) is 117 Å². The van der Waals surface area contributed by atoms with Gasteiger partial charge in [0.15, 0.2) is 0 Å². The van der Waals surface area contributed by atoms with Gasteiger partial charge in [-0.1, -0.05) is 30.3 Å². The van der Waals surface area contributed by atoms with Crippen LogP contribution in [0.4, 0.5) is 11.4 Å². The number of nitro benzene ring substituents is 1. The molecule has 0 unspecified atom stereocenters. The molecule has 1 aliphatic heterocycles. The molecule has 0 bridgehead atoms. The fraction of sp³-hybridized carbons (Fsp3) is 0.118. The van der Waals surface area contributed by atoms with E-state index >= 15 is 0 Å². The molecule has 25 heavy (non-hydrogen) atoms. The number of aliphatic carboxylic acids is 1. The first-order chi connectivity index (χ1) is 12.0. The van der Waals surface area contributed by atoms with E-state index in [4.69, 9.17) is 5.11 Å². The first-order valence-electron chi connectivity index (χ1n) is 7.45. The summed E-state index contributed by atoms with van der Waals surface area (Å²) in [5.74, 6) is -0.654. The summed E-state index contributed by atoms with van der Waals surface area (Å²) in [7, 11) is 0. The van der Waals surface area contributed by atoms with Crippen LogP contribution in [-0.2, 0) is 4.79 Å². The number of benzene rings is 2. The maximum absolute atomic E-state index is 11.1. The van der Waals surface area contributed by atoms with Gasteiger partial charge in [-0.15, -0.1) is 0 Å². The second-order valence-corrected chi connectivity index (χ2v) is 5.30. The summed E-state index contributed by atoms with van der Waals surface area (Å²) in [4.78, 5) is 29.9. The molecule has 0 aromatic heterocycles. The van der Waals surface area contributed by atoms with Crippen LogP contribution < -0.4 is 5.32 Å². The molecule has 126 valence electrons. The van der Waals surface area contributed by atoms with Crippen LogP contribution in [0.1, 0.15) is 11.1 Å². The van der Waals surface area contributed by atoms with Crippen molar-refractivity contribution in [2.24, 2.45) is 9.98 Å². The first-order valence-corrected chi connectivity index (χ1v) is 7.45. The second-order valence-electron chi connectivity index (χ2n) is 5.30. The molecule has 1 aliphatic rings. The normalized spacial score (nSPS) is 14.9. The Kier molecular flexibility index (Phi) is 4.51. The molecule has 2 aromatic carbocycles. The number of rotatable bonds is 4. The Hall–Kier alpha value is -3.55. The molecule has 0 atom stereocenters. The number of carboxylic acids is 1. The quantitative estimate of drug-likeness (QED) is 0.655. The van der Waals surface area contributed by atoms with E-state index in [0.29, 0.717) is 22.8 Å². The number of hydrogen-bond donors (Lipinski definition) is 2. The van der Waals surface area contributed by atoms with Crippen LogP contribution in [0, 0.1) is 10.1 Å². The smallest absolute Gasteiger partial charge is 0.325 e. The van der Waals surface area contributed by atoms with E-state index in [1.54, 1.807) is 6.07 Å². The van der Waals surface area contributed by atoms with Crippen molar-refractivity contribution in [2.45, 2.75) is 0 Å². The summed E-state index contributed by atoms with van der Waals surface area (Å²) in [5, 5.41) is 22.9. The van der Waals surface area contributed by atoms with Gasteiger partial charge in [-0.05, 0) is 6.07 Å². The van der Waals surface area contributed by atoms with Gasteiger partial charge in [0.2, 0.25) is 0 Å². The molecule has 8 heteroatoms. The molecule has 3 rings (SSSR count). The lowest BCUT2D eigenvalue weighted by Gasteiger charge is -2.10. The zero-order valence-electron chi connectivity index (χ0n) is 13.0. The van der Waals surface area contributed by atoms with E-state index < -0.39 is 10.9 Å². The van der Waals surface area contributed by atoms with Crippen LogP contribution >= 0.6 is 0 Å². The molecule has 0 aliphatic carbocycles. The standard InChI is InChI=1S/C17H14N4O4/c22-16(23)10-18-15-9-19-17(11-4-2-1-3-5-11)13-8-12(21(24)25)6-7-14(13)20-15/h1-8H,9-10H2,(H,18,20)(H,22,23). The summed E-state index contributed by atoms with van der Waals surface area (Å²) >= 11 is 0. The Balaban J connectivity index is 2.11. The first kappa shape index (κ1) is 16.3. The summed E-state index contributed by atoms with van der Waals surface area (Å²) in [6.07, 6.45) is 0. The lowest BCUT2D eigenvalue weighted by atomic mass is 10.00. The summed E-state index contributed by atoms with van der Waals surface area (Å²) < 4.78 is 0. The average Bonchev–Trinajstić information content (AvgIpc) is 2.79. The van der Waals surface area contributed by atoms with Gasteiger partial charge in [0.25, 0.3) is 5.69 Å². The van der Waals surface area contributed by atoms with Gasteiger partial charge >= 0.3 is 5.97 Å². The largest absolute Gasteiger partial charge is 0.480 e. The molecule has 0 spiro atoms. The van der Waals surface area contributed by atoms with Crippen LogP contribution in [0.2, 0.25) is 0 Å². The third kappa shape index (κ3) is 3.69. The number of benzodiazepines with no additional fused rings is 1. The SMILES string of the molecule is O=C(O)CN=C1CN=C(c2ccccc2)c2cc([N+](=O)[O-])ccc2N1. The lowest BCUT2D eigenvalue weighted by molar-refractivity contribution is -0.384. The Bertz CT molecular complexity index is 891.